The van der Waals surface area contributed by atoms with E-state index < -0.39 is 0 Å². The van der Waals surface area contributed by atoms with Crippen LogP contribution in [0.3, 0.4) is 0 Å². The number of hydrogen-bond donors (Lipinski definition) is 1. The third-order valence-corrected chi connectivity index (χ3v) is 3.25. The van der Waals surface area contributed by atoms with Gasteiger partial charge >= 0.3 is 0 Å². The predicted molar refractivity (Wildman–Crippen MR) is 60.2 cm³/mol. The fourth-order valence-electron chi connectivity index (χ4n) is 2.37. The summed E-state index contributed by atoms with van der Waals surface area (Å²) in [6, 6.07) is 8.06. The Morgan fingerprint density at radius 3 is 2.80 bits per heavy atom. The summed E-state index contributed by atoms with van der Waals surface area (Å²) < 4.78 is 5.20. The van der Waals surface area contributed by atoms with Crippen molar-refractivity contribution in [2.45, 2.75) is 37.7 Å². The monoisotopic (exact) mass is 206 g/mol. The molecule has 0 heterocycles. The van der Waals surface area contributed by atoms with Gasteiger partial charge in [-0.05, 0) is 30.5 Å². The Bertz CT molecular complexity index is 322. The number of ether oxygens (including phenoxy) is 1. The van der Waals surface area contributed by atoms with Gasteiger partial charge in [0, 0.05) is 5.92 Å². The van der Waals surface area contributed by atoms with Gasteiger partial charge < -0.3 is 9.84 Å². The van der Waals surface area contributed by atoms with Gasteiger partial charge in [0.1, 0.15) is 5.75 Å². The quantitative estimate of drug-likeness (QED) is 0.806. The highest BCUT2D eigenvalue weighted by atomic mass is 16.5. The average Bonchev–Trinajstić information content (AvgIpc) is 2.30. The van der Waals surface area contributed by atoms with Crippen molar-refractivity contribution < 1.29 is 9.84 Å². The maximum atomic E-state index is 9.95. The van der Waals surface area contributed by atoms with E-state index in [0.717, 1.165) is 25.0 Å². The van der Waals surface area contributed by atoms with Crippen molar-refractivity contribution in [1.82, 2.24) is 0 Å². The van der Waals surface area contributed by atoms with E-state index in [2.05, 4.69) is 6.07 Å². The second-order valence-electron chi connectivity index (χ2n) is 4.23. The number of benzene rings is 1. The maximum absolute atomic E-state index is 9.95. The molecule has 0 amide bonds. The minimum absolute atomic E-state index is 0.175. The van der Waals surface area contributed by atoms with Crippen LogP contribution in [0.15, 0.2) is 24.3 Å². The lowest BCUT2D eigenvalue weighted by molar-refractivity contribution is 0.106. The minimum atomic E-state index is -0.175. The smallest absolute Gasteiger partial charge is 0.119 e. The van der Waals surface area contributed by atoms with Crippen LogP contribution in [-0.2, 0) is 0 Å². The summed E-state index contributed by atoms with van der Waals surface area (Å²) in [4.78, 5) is 0. The summed E-state index contributed by atoms with van der Waals surface area (Å²) >= 11 is 0. The molecule has 2 heteroatoms. The van der Waals surface area contributed by atoms with Crippen molar-refractivity contribution in [1.29, 1.82) is 0 Å². The molecule has 0 unspecified atom stereocenters. The highest BCUT2D eigenvalue weighted by Crippen LogP contribution is 2.34. The first-order chi connectivity index (χ1) is 7.31. The lowest BCUT2D eigenvalue weighted by atomic mass is 9.82. The third-order valence-electron chi connectivity index (χ3n) is 3.25. The third kappa shape index (κ3) is 2.32. The lowest BCUT2D eigenvalue weighted by Crippen LogP contribution is -2.22. The summed E-state index contributed by atoms with van der Waals surface area (Å²) in [6.45, 7) is 0. The summed E-state index contributed by atoms with van der Waals surface area (Å²) in [5.74, 6) is 1.18. The van der Waals surface area contributed by atoms with Crippen molar-refractivity contribution in [2.75, 3.05) is 7.11 Å². The molecule has 1 aliphatic carbocycles. The number of aliphatic hydroxyl groups excluding tert-OH is 1. The van der Waals surface area contributed by atoms with Gasteiger partial charge in [-0.25, -0.2) is 0 Å². The zero-order valence-electron chi connectivity index (χ0n) is 9.15. The maximum Gasteiger partial charge on any atom is 0.119 e. The highest BCUT2D eigenvalue weighted by molar-refractivity contribution is 5.31. The fourth-order valence-corrected chi connectivity index (χ4v) is 2.37. The molecule has 0 radical (unpaired) electrons. The van der Waals surface area contributed by atoms with Crippen molar-refractivity contribution in [2.24, 2.45) is 0 Å². The second-order valence-corrected chi connectivity index (χ2v) is 4.23. The Labute approximate surface area is 90.9 Å². The highest BCUT2D eigenvalue weighted by Gasteiger charge is 2.24. The summed E-state index contributed by atoms with van der Waals surface area (Å²) in [7, 11) is 1.68. The predicted octanol–water partition coefficient (Wildman–Crippen LogP) is 2.71. The molecule has 1 fully saturated rings. The van der Waals surface area contributed by atoms with E-state index in [1.54, 1.807) is 7.11 Å². The van der Waals surface area contributed by atoms with Crippen LogP contribution in [-0.4, -0.2) is 18.3 Å². The topological polar surface area (TPSA) is 29.5 Å². The fraction of sp³-hybridized carbons (Fsp3) is 0.538. The molecule has 0 saturated heterocycles. The van der Waals surface area contributed by atoms with Gasteiger partial charge in [-0.2, -0.15) is 0 Å². The molecule has 0 aromatic heterocycles. The van der Waals surface area contributed by atoms with Gasteiger partial charge in [-0.15, -0.1) is 0 Å². The average molecular weight is 206 g/mol. The minimum Gasteiger partial charge on any atom is -0.497 e. The molecule has 0 bridgehead atoms. The van der Waals surface area contributed by atoms with E-state index in [1.807, 2.05) is 18.2 Å². The molecule has 1 saturated carbocycles. The number of aliphatic hydroxyl groups is 1. The zero-order valence-corrected chi connectivity index (χ0v) is 9.15. The van der Waals surface area contributed by atoms with E-state index in [9.17, 15) is 5.11 Å². The van der Waals surface area contributed by atoms with Crippen LogP contribution in [0.5, 0.6) is 5.75 Å². The first kappa shape index (κ1) is 10.5. The van der Waals surface area contributed by atoms with Crippen LogP contribution < -0.4 is 4.74 Å². The molecule has 1 aromatic rings. The van der Waals surface area contributed by atoms with Crippen molar-refractivity contribution in [3.8, 4) is 5.75 Å². The van der Waals surface area contributed by atoms with Crippen LogP contribution in [0, 0.1) is 0 Å². The molecule has 2 rings (SSSR count). The first-order valence-electron chi connectivity index (χ1n) is 5.63. The van der Waals surface area contributed by atoms with Gasteiger partial charge in [0.25, 0.3) is 0 Å². The lowest BCUT2D eigenvalue weighted by Gasteiger charge is -2.28. The molecule has 0 spiro atoms. The molecule has 2 atom stereocenters. The van der Waals surface area contributed by atoms with E-state index in [0.29, 0.717) is 5.92 Å². The zero-order chi connectivity index (χ0) is 10.7. The summed E-state index contributed by atoms with van der Waals surface area (Å²) in [5, 5.41) is 9.95. The van der Waals surface area contributed by atoms with Gasteiger partial charge in [0.05, 0.1) is 13.2 Å². The van der Waals surface area contributed by atoms with Gasteiger partial charge in [-0.3, -0.25) is 0 Å². The second kappa shape index (κ2) is 4.67. The van der Waals surface area contributed by atoms with Crippen LogP contribution in [0.4, 0.5) is 0 Å². The number of methoxy groups -OCH3 is 1. The van der Waals surface area contributed by atoms with Crippen LogP contribution in [0.2, 0.25) is 0 Å². The van der Waals surface area contributed by atoms with E-state index in [4.69, 9.17) is 4.74 Å². The number of hydrogen-bond acceptors (Lipinski definition) is 2. The van der Waals surface area contributed by atoms with E-state index >= 15 is 0 Å². The van der Waals surface area contributed by atoms with Crippen LogP contribution in [0.25, 0.3) is 0 Å². The Balaban J connectivity index is 2.19. The SMILES string of the molecule is COc1cccc([C@@H]2CCCC[C@@H]2O)c1. The van der Waals surface area contributed by atoms with Crippen molar-refractivity contribution in [3.63, 3.8) is 0 Å². The molecule has 82 valence electrons. The molecule has 1 N–H and O–H groups in total. The molecule has 15 heavy (non-hydrogen) atoms. The largest absolute Gasteiger partial charge is 0.497 e. The Morgan fingerprint density at radius 2 is 2.07 bits per heavy atom. The number of rotatable bonds is 2. The summed E-state index contributed by atoms with van der Waals surface area (Å²) in [6.07, 6.45) is 4.22. The van der Waals surface area contributed by atoms with Crippen molar-refractivity contribution in [3.05, 3.63) is 29.8 Å². The molecular weight excluding hydrogens is 188 g/mol. The van der Waals surface area contributed by atoms with Gasteiger partial charge in [0.15, 0.2) is 0 Å². The Kier molecular flexibility index (Phi) is 3.27. The Hall–Kier alpha value is -1.02. The van der Waals surface area contributed by atoms with Gasteiger partial charge in [0.2, 0.25) is 0 Å². The molecule has 2 nitrogen and oxygen atoms in total. The molecule has 1 aromatic carbocycles. The van der Waals surface area contributed by atoms with E-state index in [1.165, 1.54) is 12.0 Å². The standard InChI is InChI=1S/C13H18O2/c1-15-11-6-4-5-10(9-11)12-7-2-3-8-13(12)14/h4-6,9,12-14H,2-3,7-8H2,1H3/t12-,13-/m0/s1. The first-order valence-corrected chi connectivity index (χ1v) is 5.63. The van der Waals surface area contributed by atoms with Crippen LogP contribution >= 0.6 is 0 Å². The molecular formula is C13H18O2. The normalized spacial score (nSPS) is 26.3. The summed E-state index contributed by atoms with van der Waals surface area (Å²) in [5.41, 5.74) is 1.21. The van der Waals surface area contributed by atoms with Gasteiger partial charge in [-0.1, -0.05) is 25.0 Å². The van der Waals surface area contributed by atoms with E-state index in [-0.39, 0.29) is 6.10 Å². The van der Waals surface area contributed by atoms with Crippen molar-refractivity contribution >= 4 is 0 Å². The Morgan fingerprint density at radius 1 is 1.27 bits per heavy atom. The molecule has 1 aliphatic rings. The van der Waals surface area contributed by atoms with Crippen LogP contribution in [0.1, 0.15) is 37.2 Å². The molecule has 0 aliphatic heterocycles.